The molecule has 0 aliphatic carbocycles. The summed E-state index contributed by atoms with van der Waals surface area (Å²) in [6.07, 6.45) is -3.02. The third-order valence-corrected chi connectivity index (χ3v) is 1.99. The fourth-order valence-corrected chi connectivity index (χ4v) is 1.22. The lowest BCUT2D eigenvalue weighted by Gasteiger charge is -2.04. The van der Waals surface area contributed by atoms with Crippen LogP contribution in [0.25, 0.3) is 0 Å². The van der Waals surface area contributed by atoms with Gasteiger partial charge in [-0.25, -0.2) is 17.6 Å². The summed E-state index contributed by atoms with van der Waals surface area (Å²) in [6, 6.07) is 1.82. The summed E-state index contributed by atoms with van der Waals surface area (Å²) in [6.45, 7) is 0. The van der Waals surface area contributed by atoms with Crippen LogP contribution in [0.5, 0.6) is 0 Å². The van der Waals surface area contributed by atoms with Gasteiger partial charge in [-0.05, 0) is 12.1 Å². The summed E-state index contributed by atoms with van der Waals surface area (Å²) in [5, 5.41) is 0. The van der Waals surface area contributed by atoms with Crippen LogP contribution in [0.1, 0.15) is 12.0 Å². The lowest BCUT2D eigenvalue weighted by Crippen LogP contribution is -1.95. The van der Waals surface area contributed by atoms with Gasteiger partial charge in [-0.2, -0.15) is 0 Å². The minimum atomic E-state index is -3.02. The Morgan fingerprint density at radius 2 is 1.75 bits per heavy atom. The van der Waals surface area contributed by atoms with Gasteiger partial charge < -0.3 is 0 Å². The Hall–Kier alpha value is -0.580. The fourth-order valence-electron chi connectivity index (χ4n) is 0.743. The van der Waals surface area contributed by atoms with Gasteiger partial charge in [0.2, 0.25) is 0 Å². The maximum absolute atomic E-state index is 12.6. The second-order valence-electron chi connectivity index (χ2n) is 2.06. The molecule has 0 bridgehead atoms. The standard InChI is InChI=1S/C7H3BrF4/c8-3-1-2-4(9)6(10)5(3)7(11)12/h1-2,7H. The lowest BCUT2D eigenvalue weighted by molar-refractivity contribution is 0.144. The molecule has 0 radical (unpaired) electrons. The Labute approximate surface area is 74.3 Å². The van der Waals surface area contributed by atoms with E-state index in [1.54, 1.807) is 0 Å². The van der Waals surface area contributed by atoms with Gasteiger partial charge in [0, 0.05) is 4.47 Å². The Bertz CT molecular complexity index is 298. The van der Waals surface area contributed by atoms with Crippen molar-refractivity contribution >= 4 is 15.9 Å². The van der Waals surface area contributed by atoms with Crippen molar-refractivity contribution < 1.29 is 17.6 Å². The van der Waals surface area contributed by atoms with Gasteiger partial charge in [0.15, 0.2) is 11.6 Å². The highest BCUT2D eigenvalue weighted by Gasteiger charge is 2.19. The van der Waals surface area contributed by atoms with Crippen LogP contribution < -0.4 is 0 Å². The molecule has 5 heteroatoms. The zero-order valence-corrected chi connectivity index (χ0v) is 7.21. The maximum Gasteiger partial charge on any atom is 0.267 e. The molecule has 1 aromatic carbocycles. The molecule has 0 nitrogen and oxygen atoms in total. The van der Waals surface area contributed by atoms with Crippen molar-refractivity contribution in [2.24, 2.45) is 0 Å². The second kappa shape index (κ2) is 3.43. The predicted molar refractivity (Wildman–Crippen MR) is 39.0 cm³/mol. The molecule has 0 heterocycles. The van der Waals surface area contributed by atoms with E-state index in [2.05, 4.69) is 15.9 Å². The summed E-state index contributed by atoms with van der Waals surface area (Å²) >= 11 is 2.70. The average Bonchev–Trinajstić information content (AvgIpc) is 1.97. The highest BCUT2D eigenvalue weighted by molar-refractivity contribution is 9.10. The smallest absolute Gasteiger partial charge is 0.205 e. The van der Waals surface area contributed by atoms with Crippen LogP contribution in [0.3, 0.4) is 0 Å². The lowest BCUT2D eigenvalue weighted by atomic mass is 10.2. The van der Waals surface area contributed by atoms with Crippen LogP contribution >= 0.6 is 15.9 Å². The minimum Gasteiger partial charge on any atom is -0.205 e. The molecule has 0 aromatic heterocycles. The van der Waals surface area contributed by atoms with Crippen molar-refractivity contribution in [1.29, 1.82) is 0 Å². The zero-order chi connectivity index (χ0) is 9.30. The van der Waals surface area contributed by atoms with Gasteiger partial charge >= 0.3 is 0 Å². The first-order chi connectivity index (χ1) is 5.54. The normalized spacial score (nSPS) is 10.8. The van der Waals surface area contributed by atoms with Crippen LogP contribution in [0, 0.1) is 11.6 Å². The summed E-state index contributed by atoms with van der Waals surface area (Å²) in [4.78, 5) is 0. The summed E-state index contributed by atoms with van der Waals surface area (Å²) < 4.78 is 49.0. The van der Waals surface area contributed by atoms with Gasteiger partial charge in [-0.15, -0.1) is 0 Å². The summed E-state index contributed by atoms with van der Waals surface area (Å²) in [5.41, 5.74) is -0.935. The first-order valence-corrected chi connectivity index (χ1v) is 3.75. The van der Waals surface area contributed by atoms with Crippen molar-refractivity contribution in [3.63, 3.8) is 0 Å². The number of alkyl halides is 2. The molecular formula is C7H3BrF4. The molecule has 0 aliphatic heterocycles. The largest absolute Gasteiger partial charge is 0.267 e. The molecule has 0 saturated heterocycles. The highest BCUT2D eigenvalue weighted by Crippen LogP contribution is 2.30. The van der Waals surface area contributed by atoms with E-state index in [0.29, 0.717) is 0 Å². The molecule has 0 unspecified atom stereocenters. The molecule has 1 rings (SSSR count). The molecule has 0 spiro atoms. The number of halogens is 5. The Balaban J connectivity index is 3.33. The number of benzene rings is 1. The SMILES string of the molecule is Fc1ccc(Br)c(C(F)F)c1F. The Morgan fingerprint density at radius 1 is 1.17 bits per heavy atom. The van der Waals surface area contributed by atoms with E-state index in [4.69, 9.17) is 0 Å². The quantitative estimate of drug-likeness (QED) is 0.521. The average molecular weight is 243 g/mol. The fraction of sp³-hybridized carbons (Fsp3) is 0.143. The topological polar surface area (TPSA) is 0 Å². The maximum atomic E-state index is 12.6. The Morgan fingerprint density at radius 3 is 2.17 bits per heavy atom. The van der Waals surface area contributed by atoms with E-state index in [1.165, 1.54) is 0 Å². The molecule has 0 saturated carbocycles. The Kier molecular flexibility index (Phi) is 2.72. The second-order valence-corrected chi connectivity index (χ2v) is 2.91. The molecular weight excluding hydrogens is 240 g/mol. The van der Waals surface area contributed by atoms with Crippen LogP contribution in [0.2, 0.25) is 0 Å². The molecule has 0 amide bonds. The van der Waals surface area contributed by atoms with Gasteiger partial charge in [0.1, 0.15) is 0 Å². The highest BCUT2D eigenvalue weighted by atomic mass is 79.9. The van der Waals surface area contributed by atoms with Gasteiger partial charge in [-0.1, -0.05) is 15.9 Å². The van der Waals surface area contributed by atoms with Crippen molar-refractivity contribution in [3.05, 3.63) is 33.8 Å². The van der Waals surface area contributed by atoms with E-state index >= 15 is 0 Å². The third kappa shape index (κ3) is 1.60. The van der Waals surface area contributed by atoms with E-state index in [0.717, 1.165) is 12.1 Å². The van der Waals surface area contributed by atoms with E-state index in [-0.39, 0.29) is 4.47 Å². The zero-order valence-electron chi connectivity index (χ0n) is 5.62. The van der Waals surface area contributed by atoms with Crippen molar-refractivity contribution in [1.82, 2.24) is 0 Å². The summed E-state index contributed by atoms with van der Waals surface area (Å²) in [5.74, 6) is -2.77. The molecule has 0 fully saturated rings. The first-order valence-electron chi connectivity index (χ1n) is 2.95. The first kappa shape index (κ1) is 9.51. The molecule has 0 atom stereocenters. The van der Waals surface area contributed by atoms with Crippen molar-refractivity contribution in [2.45, 2.75) is 6.43 Å². The molecule has 66 valence electrons. The van der Waals surface area contributed by atoms with Crippen LogP contribution in [-0.4, -0.2) is 0 Å². The summed E-state index contributed by atoms with van der Waals surface area (Å²) in [7, 11) is 0. The third-order valence-electron chi connectivity index (χ3n) is 1.30. The number of rotatable bonds is 1. The van der Waals surface area contributed by atoms with E-state index in [1.807, 2.05) is 0 Å². The van der Waals surface area contributed by atoms with E-state index < -0.39 is 23.6 Å². The van der Waals surface area contributed by atoms with Crippen LogP contribution in [0.4, 0.5) is 17.6 Å². The van der Waals surface area contributed by atoms with E-state index in [9.17, 15) is 17.6 Å². The number of hydrogen-bond donors (Lipinski definition) is 0. The van der Waals surface area contributed by atoms with Crippen molar-refractivity contribution in [3.8, 4) is 0 Å². The van der Waals surface area contributed by atoms with Gasteiger partial charge in [-0.3, -0.25) is 0 Å². The molecule has 0 aliphatic rings. The van der Waals surface area contributed by atoms with Gasteiger partial charge in [0.05, 0.1) is 5.56 Å². The van der Waals surface area contributed by atoms with Crippen LogP contribution in [-0.2, 0) is 0 Å². The van der Waals surface area contributed by atoms with Crippen LogP contribution in [0.15, 0.2) is 16.6 Å². The molecule has 12 heavy (non-hydrogen) atoms. The molecule has 0 N–H and O–H groups in total. The molecule has 1 aromatic rings. The minimum absolute atomic E-state index is 0.128. The van der Waals surface area contributed by atoms with Gasteiger partial charge in [0.25, 0.3) is 6.43 Å². The monoisotopic (exact) mass is 242 g/mol. The predicted octanol–water partition coefficient (Wildman–Crippen LogP) is 3.66. The van der Waals surface area contributed by atoms with Crippen molar-refractivity contribution in [2.75, 3.05) is 0 Å². The number of hydrogen-bond acceptors (Lipinski definition) is 0.